The van der Waals surface area contributed by atoms with Crippen LogP contribution in [0, 0.1) is 0 Å². The SMILES string of the molecule is COc1ccc(Cl)cc1NC(=O)[C@H](C)OC(=O)CN1C(=O)C(=O)c2ccccc21. The van der Waals surface area contributed by atoms with E-state index in [9.17, 15) is 19.2 Å². The third-order valence-electron chi connectivity index (χ3n) is 4.26. The van der Waals surface area contributed by atoms with Crippen LogP contribution < -0.4 is 15.0 Å². The molecule has 0 saturated carbocycles. The number of hydrogen-bond donors (Lipinski definition) is 1. The van der Waals surface area contributed by atoms with E-state index in [1.54, 1.807) is 30.3 Å². The van der Waals surface area contributed by atoms with Crippen molar-refractivity contribution in [1.82, 2.24) is 0 Å². The molecule has 0 fully saturated rings. The summed E-state index contributed by atoms with van der Waals surface area (Å²) in [6.45, 7) is 0.898. The highest BCUT2D eigenvalue weighted by Gasteiger charge is 2.37. The molecule has 0 unspecified atom stereocenters. The molecule has 0 radical (unpaired) electrons. The Morgan fingerprint density at radius 1 is 1.17 bits per heavy atom. The second-order valence-corrected chi connectivity index (χ2v) is 6.64. The van der Waals surface area contributed by atoms with Gasteiger partial charge < -0.3 is 14.8 Å². The lowest BCUT2D eigenvalue weighted by Gasteiger charge is -2.18. The fraction of sp³-hybridized carbons (Fsp3) is 0.200. The Kier molecular flexibility index (Phi) is 5.84. The quantitative estimate of drug-likeness (QED) is 0.573. The first kappa shape index (κ1) is 20.3. The summed E-state index contributed by atoms with van der Waals surface area (Å²) >= 11 is 5.93. The predicted molar refractivity (Wildman–Crippen MR) is 105 cm³/mol. The summed E-state index contributed by atoms with van der Waals surface area (Å²) in [5.41, 5.74) is 0.881. The van der Waals surface area contributed by atoms with E-state index in [2.05, 4.69) is 5.32 Å². The van der Waals surface area contributed by atoms with Gasteiger partial charge in [-0.15, -0.1) is 0 Å². The van der Waals surface area contributed by atoms with Crippen LogP contribution in [0.2, 0.25) is 5.02 Å². The second-order valence-electron chi connectivity index (χ2n) is 6.20. The van der Waals surface area contributed by atoms with Crippen LogP contribution in [0.1, 0.15) is 17.3 Å². The van der Waals surface area contributed by atoms with Gasteiger partial charge in [0, 0.05) is 5.02 Å². The molecule has 0 aliphatic carbocycles. The van der Waals surface area contributed by atoms with Gasteiger partial charge in [0.1, 0.15) is 12.3 Å². The normalized spacial score (nSPS) is 13.7. The maximum atomic E-state index is 12.4. The number of carbonyl (C=O) groups is 4. The van der Waals surface area contributed by atoms with Crippen molar-refractivity contribution in [3.05, 3.63) is 53.1 Å². The average Bonchev–Trinajstić information content (AvgIpc) is 2.93. The van der Waals surface area contributed by atoms with Gasteiger partial charge in [-0.1, -0.05) is 23.7 Å². The minimum absolute atomic E-state index is 0.226. The molecule has 8 nitrogen and oxygen atoms in total. The number of anilines is 2. The third-order valence-corrected chi connectivity index (χ3v) is 4.50. The Morgan fingerprint density at radius 3 is 2.62 bits per heavy atom. The molecule has 1 aliphatic rings. The van der Waals surface area contributed by atoms with Crippen LogP contribution in [-0.4, -0.2) is 43.3 Å². The Morgan fingerprint density at radius 2 is 1.90 bits per heavy atom. The van der Waals surface area contributed by atoms with Crippen LogP contribution in [0.15, 0.2) is 42.5 Å². The van der Waals surface area contributed by atoms with Crippen molar-refractivity contribution in [2.24, 2.45) is 0 Å². The van der Waals surface area contributed by atoms with Gasteiger partial charge >= 0.3 is 5.97 Å². The van der Waals surface area contributed by atoms with E-state index in [1.807, 2.05) is 0 Å². The molecule has 1 atom stereocenters. The van der Waals surface area contributed by atoms with E-state index in [4.69, 9.17) is 21.1 Å². The summed E-state index contributed by atoms with van der Waals surface area (Å²) in [5, 5.41) is 2.96. The molecule has 1 aliphatic heterocycles. The van der Waals surface area contributed by atoms with Gasteiger partial charge in [-0.05, 0) is 37.3 Å². The summed E-state index contributed by atoms with van der Waals surface area (Å²) in [5.74, 6) is -2.55. The molecular formula is C20H17ClN2O6. The van der Waals surface area contributed by atoms with E-state index < -0.39 is 36.2 Å². The van der Waals surface area contributed by atoms with Crippen molar-refractivity contribution in [1.29, 1.82) is 0 Å². The molecular weight excluding hydrogens is 400 g/mol. The van der Waals surface area contributed by atoms with Crippen LogP contribution in [-0.2, 0) is 19.1 Å². The number of ether oxygens (including phenoxy) is 2. The number of nitrogens with one attached hydrogen (secondary N) is 1. The van der Waals surface area contributed by atoms with Crippen LogP contribution >= 0.6 is 11.6 Å². The largest absolute Gasteiger partial charge is 0.495 e. The predicted octanol–water partition coefficient (Wildman–Crippen LogP) is 2.45. The number of hydrogen-bond acceptors (Lipinski definition) is 6. The van der Waals surface area contributed by atoms with Gasteiger partial charge in [0.25, 0.3) is 17.6 Å². The van der Waals surface area contributed by atoms with E-state index in [1.165, 1.54) is 26.2 Å². The van der Waals surface area contributed by atoms with Crippen molar-refractivity contribution >= 4 is 46.5 Å². The molecule has 2 aromatic rings. The Labute approximate surface area is 171 Å². The summed E-state index contributed by atoms with van der Waals surface area (Å²) in [4.78, 5) is 49.7. The lowest BCUT2D eigenvalue weighted by molar-refractivity contribution is -0.152. The molecule has 3 rings (SSSR count). The zero-order valence-corrected chi connectivity index (χ0v) is 16.4. The topological polar surface area (TPSA) is 102 Å². The van der Waals surface area contributed by atoms with E-state index in [-0.39, 0.29) is 5.56 Å². The van der Waals surface area contributed by atoms with Crippen molar-refractivity contribution in [2.45, 2.75) is 13.0 Å². The van der Waals surface area contributed by atoms with Gasteiger partial charge in [-0.25, -0.2) is 0 Å². The number of benzene rings is 2. The van der Waals surface area contributed by atoms with Crippen molar-refractivity contribution < 1.29 is 28.7 Å². The van der Waals surface area contributed by atoms with E-state index >= 15 is 0 Å². The molecule has 0 saturated heterocycles. The number of rotatable bonds is 6. The second kappa shape index (κ2) is 8.32. The number of Topliss-reactive ketones (excluding diaryl/α,β-unsaturated/α-hetero) is 1. The number of amides is 2. The number of ketones is 1. The number of para-hydroxylation sites is 1. The average molecular weight is 417 g/mol. The molecule has 1 heterocycles. The first-order valence-electron chi connectivity index (χ1n) is 8.61. The fourth-order valence-corrected chi connectivity index (χ4v) is 3.01. The maximum absolute atomic E-state index is 12.4. The first-order chi connectivity index (χ1) is 13.8. The summed E-state index contributed by atoms with van der Waals surface area (Å²) in [7, 11) is 1.44. The van der Waals surface area contributed by atoms with Crippen LogP contribution in [0.3, 0.4) is 0 Å². The minimum atomic E-state index is -1.16. The molecule has 29 heavy (non-hydrogen) atoms. The number of carbonyl (C=O) groups excluding carboxylic acids is 4. The first-order valence-corrected chi connectivity index (χ1v) is 8.98. The lowest BCUT2D eigenvalue weighted by atomic mass is 10.1. The number of esters is 1. The summed E-state index contributed by atoms with van der Waals surface area (Å²) < 4.78 is 10.3. The fourth-order valence-electron chi connectivity index (χ4n) is 2.83. The molecule has 0 spiro atoms. The van der Waals surface area contributed by atoms with Crippen LogP contribution in [0.5, 0.6) is 5.75 Å². The number of halogens is 1. The highest BCUT2D eigenvalue weighted by molar-refractivity contribution is 6.52. The standard InChI is InChI=1S/C20H17ClN2O6/c1-11(19(26)22-14-9-12(21)7-8-16(14)28-2)29-17(24)10-23-15-6-4-3-5-13(15)18(25)20(23)27/h3-9,11H,10H2,1-2H3,(H,22,26)/t11-/m0/s1. The van der Waals surface area contributed by atoms with Crippen molar-refractivity contribution in [2.75, 3.05) is 23.9 Å². The van der Waals surface area contributed by atoms with Gasteiger partial charge in [-0.2, -0.15) is 0 Å². The van der Waals surface area contributed by atoms with Gasteiger partial charge in [0.2, 0.25) is 0 Å². The van der Waals surface area contributed by atoms with Gasteiger partial charge in [0.15, 0.2) is 6.10 Å². The van der Waals surface area contributed by atoms with Gasteiger partial charge in [0.05, 0.1) is 24.0 Å². The van der Waals surface area contributed by atoms with Crippen molar-refractivity contribution in [3.8, 4) is 5.75 Å². The molecule has 2 amide bonds. The summed E-state index contributed by atoms with van der Waals surface area (Å²) in [6.07, 6.45) is -1.16. The zero-order chi connectivity index (χ0) is 21.1. The maximum Gasteiger partial charge on any atom is 0.326 e. The number of fused-ring (bicyclic) bond motifs is 1. The summed E-state index contributed by atoms with van der Waals surface area (Å²) in [6, 6.07) is 11.0. The number of nitrogens with zero attached hydrogens (tertiary/aromatic N) is 1. The molecule has 0 bridgehead atoms. The Hall–Kier alpha value is -3.39. The third kappa shape index (κ3) is 4.22. The highest BCUT2D eigenvalue weighted by atomic mass is 35.5. The molecule has 0 aromatic heterocycles. The monoisotopic (exact) mass is 416 g/mol. The van der Waals surface area contributed by atoms with E-state index in [0.29, 0.717) is 22.1 Å². The molecule has 1 N–H and O–H groups in total. The van der Waals surface area contributed by atoms with Crippen molar-refractivity contribution in [3.63, 3.8) is 0 Å². The minimum Gasteiger partial charge on any atom is -0.495 e. The molecule has 9 heteroatoms. The Bertz CT molecular complexity index is 1010. The zero-order valence-electron chi connectivity index (χ0n) is 15.6. The molecule has 150 valence electrons. The van der Waals surface area contributed by atoms with Crippen LogP contribution in [0.4, 0.5) is 11.4 Å². The lowest BCUT2D eigenvalue weighted by Crippen LogP contribution is -2.38. The van der Waals surface area contributed by atoms with Gasteiger partial charge in [-0.3, -0.25) is 24.1 Å². The Balaban J connectivity index is 1.64. The highest BCUT2D eigenvalue weighted by Crippen LogP contribution is 2.29. The number of methoxy groups -OCH3 is 1. The van der Waals surface area contributed by atoms with Crippen LogP contribution in [0.25, 0.3) is 0 Å². The van der Waals surface area contributed by atoms with E-state index in [0.717, 1.165) is 4.90 Å². The molecule has 2 aromatic carbocycles. The smallest absolute Gasteiger partial charge is 0.326 e.